The third kappa shape index (κ3) is 2.46. The van der Waals surface area contributed by atoms with E-state index < -0.39 is 9.84 Å². The highest BCUT2D eigenvalue weighted by Crippen LogP contribution is 2.22. The van der Waals surface area contributed by atoms with E-state index in [1.165, 1.54) is 19.2 Å². The Hall–Kier alpha value is -1.07. The number of aromatic hydroxyl groups is 1. The third-order valence-electron chi connectivity index (χ3n) is 1.76. The van der Waals surface area contributed by atoms with E-state index in [0.717, 1.165) is 0 Å². The predicted molar refractivity (Wildman–Crippen MR) is 52.0 cm³/mol. The monoisotopic (exact) mass is 216 g/mol. The van der Waals surface area contributed by atoms with Crippen LogP contribution in [0.3, 0.4) is 0 Å². The molecule has 78 valence electrons. The van der Waals surface area contributed by atoms with Crippen LogP contribution in [0.2, 0.25) is 0 Å². The number of hydrogen-bond acceptors (Lipinski definition) is 4. The summed E-state index contributed by atoms with van der Waals surface area (Å²) < 4.78 is 27.8. The van der Waals surface area contributed by atoms with Gasteiger partial charge in [0.15, 0.2) is 9.84 Å². The van der Waals surface area contributed by atoms with Gasteiger partial charge in [-0.2, -0.15) is 0 Å². The zero-order chi connectivity index (χ0) is 10.6. The van der Waals surface area contributed by atoms with Crippen molar-refractivity contribution >= 4 is 9.84 Å². The van der Waals surface area contributed by atoms with Crippen LogP contribution in [0.5, 0.6) is 5.75 Å². The van der Waals surface area contributed by atoms with Crippen LogP contribution in [-0.4, -0.2) is 33.0 Å². The lowest BCUT2D eigenvalue weighted by Crippen LogP contribution is -2.11. The maximum absolute atomic E-state index is 11.6. The lowest BCUT2D eigenvalue weighted by atomic mass is 10.3. The second-order valence-corrected chi connectivity index (χ2v) is 4.86. The number of sulfone groups is 1. The van der Waals surface area contributed by atoms with E-state index in [2.05, 4.69) is 4.74 Å². The van der Waals surface area contributed by atoms with Gasteiger partial charge >= 0.3 is 0 Å². The minimum atomic E-state index is -3.43. The fourth-order valence-electron chi connectivity index (χ4n) is 1.02. The number of phenolic OH excluding ortho intramolecular Hbond substituents is 1. The zero-order valence-electron chi connectivity index (χ0n) is 7.80. The SMILES string of the molecule is COCCS(=O)(=O)c1ccccc1O. The van der Waals surface area contributed by atoms with Crippen molar-refractivity contribution in [2.45, 2.75) is 4.90 Å². The molecular weight excluding hydrogens is 204 g/mol. The molecule has 1 N–H and O–H groups in total. The molecular formula is C9H12O4S. The van der Waals surface area contributed by atoms with Gasteiger partial charge in [-0.3, -0.25) is 0 Å². The van der Waals surface area contributed by atoms with E-state index in [1.54, 1.807) is 12.1 Å². The van der Waals surface area contributed by atoms with Crippen molar-refractivity contribution in [3.05, 3.63) is 24.3 Å². The fourth-order valence-corrected chi connectivity index (χ4v) is 2.30. The van der Waals surface area contributed by atoms with Crippen molar-refractivity contribution in [1.82, 2.24) is 0 Å². The maximum Gasteiger partial charge on any atom is 0.184 e. The largest absolute Gasteiger partial charge is 0.507 e. The van der Waals surface area contributed by atoms with E-state index in [4.69, 9.17) is 0 Å². The Morgan fingerprint density at radius 3 is 2.57 bits per heavy atom. The summed E-state index contributed by atoms with van der Waals surface area (Å²) in [6, 6.07) is 5.87. The van der Waals surface area contributed by atoms with Crippen molar-refractivity contribution < 1.29 is 18.3 Å². The first-order valence-electron chi connectivity index (χ1n) is 4.07. The Kier molecular flexibility index (Phi) is 3.49. The summed E-state index contributed by atoms with van der Waals surface area (Å²) >= 11 is 0. The summed E-state index contributed by atoms with van der Waals surface area (Å²) in [6.45, 7) is 0.122. The molecule has 0 saturated carbocycles. The number of hydrogen-bond donors (Lipinski definition) is 1. The van der Waals surface area contributed by atoms with Crippen molar-refractivity contribution in [3.8, 4) is 5.75 Å². The average Bonchev–Trinajstić information content (AvgIpc) is 2.15. The topological polar surface area (TPSA) is 63.6 Å². The van der Waals surface area contributed by atoms with E-state index in [-0.39, 0.29) is 23.0 Å². The van der Waals surface area contributed by atoms with Gasteiger partial charge in [0, 0.05) is 7.11 Å². The maximum atomic E-state index is 11.6. The molecule has 0 fully saturated rings. The predicted octanol–water partition coefficient (Wildman–Crippen LogP) is 0.812. The van der Waals surface area contributed by atoms with E-state index in [1.807, 2.05) is 0 Å². The van der Waals surface area contributed by atoms with Gasteiger partial charge in [-0.25, -0.2) is 8.42 Å². The van der Waals surface area contributed by atoms with Crippen molar-refractivity contribution in [1.29, 1.82) is 0 Å². The molecule has 0 atom stereocenters. The van der Waals surface area contributed by atoms with Gasteiger partial charge in [0.2, 0.25) is 0 Å². The molecule has 14 heavy (non-hydrogen) atoms. The average molecular weight is 216 g/mol. The minimum absolute atomic E-state index is 0.0444. The second kappa shape index (κ2) is 4.43. The van der Waals surface area contributed by atoms with Gasteiger partial charge in [-0.1, -0.05) is 12.1 Å². The molecule has 0 aromatic heterocycles. The highest BCUT2D eigenvalue weighted by atomic mass is 32.2. The van der Waals surface area contributed by atoms with Crippen LogP contribution in [0.4, 0.5) is 0 Å². The summed E-state index contributed by atoms with van der Waals surface area (Å²) in [6.07, 6.45) is 0. The Labute approximate surface area is 83.1 Å². The Balaban J connectivity index is 2.99. The Morgan fingerprint density at radius 2 is 2.00 bits per heavy atom. The number of methoxy groups -OCH3 is 1. The third-order valence-corrected chi connectivity index (χ3v) is 3.48. The van der Waals surface area contributed by atoms with E-state index in [9.17, 15) is 13.5 Å². The lowest BCUT2D eigenvalue weighted by molar-refractivity contribution is 0.217. The molecule has 0 unspecified atom stereocenters. The van der Waals surface area contributed by atoms with Gasteiger partial charge < -0.3 is 9.84 Å². The molecule has 0 spiro atoms. The van der Waals surface area contributed by atoms with Crippen molar-refractivity contribution in [2.24, 2.45) is 0 Å². The number of ether oxygens (including phenoxy) is 1. The van der Waals surface area contributed by atoms with Crippen LogP contribution < -0.4 is 0 Å². The molecule has 0 radical (unpaired) electrons. The van der Waals surface area contributed by atoms with Gasteiger partial charge in [0.05, 0.1) is 12.4 Å². The Bertz CT molecular complexity index is 397. The quantitative estimate of drug-likeness (QED) is 0.809. The number of phenols is 1. The normalized spacial score (nSPS) is 11.5. The molecule has 0 aliphatic heterocycles. The first-order chi connectivity index (χ1) is 6.58. The first kappa shape index (κ1) is 11.0. The van der Waals surface area contributed by atoms with Crippen molar-refractivity contribution in [2.75, 3.05) is 19.5 Å². The summed E-state index contributed by atoms with van der Waals surface area (Å²) in [5.41, 5.74) is 0. The summed E-state index contributed by atoms with van der Waals surface area (Å²) in [5, 5.41) is 9.33. The molecule has 1 rings (SSSR count). The molecule has 0 aliphatic carbocycles. The van der Waals surface area contributed by atoms with Gasteiger partial charge in [-0.05, 0) is 12.1 Å². The van der Waals surface area contributed by atoms with Crippen LogP contribution in [-0.2, 0) is 14.6 Å². The minimum Gasteiger partial charge on any atom is -0.507 e. The van der Waals surface area contributed by atoms with Crippen molar-refractivity contribution in [3.63, 3.8) is 0 Å². The molecule has 0 saturated heterocycles. The van der Waals surface area contributed by atoms with E-state index in [0.29, 0.717) is 0 Å². The van der Waals surface area contributed by atoms with E-state index >= 15 is 0 Å². The molecule has 0 heterocycles. The molecule has 5 heteroatoms. The molecule has 4 nitrogen and oxygen atoms in total. The van der Waals surface area contributed by atoms with Gasteiger partial charge in [-0.15, -0.1) is 0 Å². The van der Waals surface area contributed by atoms with Crippen LogP contribution in [0.1, 0.15) is 0 Å². The number of para-hydroxylation sites is 1. The first-order valence-corrected chi connectivity index (χ1v) is 5.73. The highest BCUT2D eigenvalue weighted by Gasteiger charge is 2.17. The second-order valence-electron chi connectivity index (χ2n) is 2.78. The molecule has 0 aliphatic rings. The summed E-state index contributed by atoms with van der Waals surface area (Å²) in [4.78, 5) is -0.0444. The number of rotatable bonds is 4. The summed E-state index contributed by atoms with van der Waals surface area (Å²) in [7, 11) is -2.00. The van der Waals surface area contributed by atoms with Crippen LogP contribution in [0.25, 0.3) is 0 Å². The highest BCUT2D eigenvalue weighted by molar-refractivity contribution is 7.91. The molecule has 1 aromatic rings. The summed E-state index contributed by atoms with van der Waals surface area (Å²) in [5.74, 6) is -0.343. The van der Waals surface area contributed by atoms with Gasteiger partial charge in [0.1, 0.15) is 10.6 Å². The lowest BCUT2D eigenvalue weighted by Gasteiger charge is -2.05. The Morgan fingerprint density at radius 1 is 1.36 bits per heavy atom. The van der Waals surface area contributed by atoms with Crippen LogP contribution >= 0.6 is 0 Å². The van der Waals surface area contributed by atoms with Crippen LogP contribution in [0.15, 0.2) is 29.2 Å². The van der Waals surface area contributed by atoms with Gasteiger partial charge in [0.25, 0.3) is 0 Å². The standard InChI is InChI=1S/C9H12O4S/c1-13-6-7-14(11,12)9-5-3-2-4-8(9)10/h2-5,10H,6-7H2,1H3. The molecule has 1 aromatic carbocycles. The van der Waals surface area contributed by atoms with Crippen LogP contribution in [0, 0.1) is 0 Å². The fraction of sp³-hybridized carbons (Fsp3) is 0.333. The zero-order valence-corrected chi connectivity index (χ0v) is 8.62. The smallest absolute Gasteiger partial charge is 0.184 e. The number of benzene rings is 1. The molecule has 0 amide bonds. The molecule has 0 bridgehead atoms.